The number of aliphatic hydroxyl groups excluding tert-OH is 1. The lowest BCUT2D eigenvalue weighted by Gasteiger charge is -2.01. The van der Waals surface area contributed by atoms with Gasteiger partial charge >= 0.3 is 0 Å². The summed E-state index contributed by atoms with van der Waals surface area (Å²) in [5.74, 6) is -0.181. The van der Waals surface area contributed by atoms with E-state index in [0.717, 1.165) is 24.4 Å². The first-order valence-corrected chi connectivity index (χ1v) is 6.78. The van der Waals surface area contributed by atoms with Gasteiger partial charge in [-0.2, -0.15) is 0 Å². The molecule has 0 unspecified atom stereocenters. The van der Waals surface area contributed by atoms with E-state index in [0.29, 0.717) is 5.56 Å². The van der Waals surface area contributed by atoms with Crippen molar-refractivity contribution in [3.8, 4) is 10.4 Å². The van der Waals surface area contributed by atoms with Crippen LogP contribution in [0, 0.1) is 5.82 Å². The third-order valence-corrected chi connectivity index (χ3v) is 3.73. The molecule has 1 heterocycles. The zero-order chi connectivity index (χ0) is 12.8. The molecule has 0 atom stereocenters. The molecular weight excluding hydrogens is 249 g/mol. The van der Waals surface area contributed by atoms with E-state index in [-0.39, 0.29) is 12.4 Å². The standard InChI is InChI=1S/C14H16FNOS/c15-13-5-2-1-4-12(13)14-7-6-11(18-14)10-16-8-3-9-17/h1-2,4-7,16-17H,3,8-10H2. The van der Waals surface area contributed by atoms with Crippen molar-refractivity contribution < 1.29 is 9.50 Å². The van der Waals surface area contributed by atoms with E-state index < -0.39 is 0 Å². The fourth-order valence-electron chi connectivity index (χ4n) is 1.69. The van der Waals surface area contributed by atoms with E-state index >= 15 is 0 Å². The average Bonchev–Trinajstić information content (AvgIpc) is 2.84. The molecule has 0 spiro atoms. The second kappa shape index (κ2) is 6.64. The van der Waals surface area contributed by atoms with Gasteiger partial charge in [-0.1, -0.05) is 18.2 Å². The SMILES string of the molecule is OCCCNCc1ccc(-c2ccccc2F)s1. The molecule has 2 aromatic rings. The Morgan fingerprint density at radius 3 is 2.78 bits per heavy atom. The highest BCUT2D eigenvalue weighted by Crippen LogP contribution is 2.29. The highest BCUT2D eigenvalue weighted by molar-refractivity contribution is 7.15. The van der Waals surface area contributed by atoms with Gasteiger partial charge in [-0.25, -0.2) is 4.39 Å². The Hall–Kier alpha value is -1.23. The maximum atomic E-state index is 13.6. The molecule has 2 N–H and O–H groups in total. The van der Waals surface area contributed by atoms with Gasteiger partial charge in [0.2, 0.25) is 0 Å². The van der Waals surface area contributed by atoms with Crippen molar-refractivity contribution in [1.29, 1.82) is 0 Å². The molecule has 0 aliphatic rings. The molecule has 1 aromatic carbocycles. The highest BCUT2D eigenvalue weighted by atomic mass is 32.1. The van der Waals surface area contributed by atoms with E-state index in [1.54, 1.807) is 23.5 Å². The summed E-state index contributed by atoms with van der Waals surface area (Å²) in [5.41, 5.74) is 0.657. The molecule has 0 saturated heterocycles. The fraction of sp³-hybridized carbons (Fsp3) is 0.286. The number of thiophene rings is 1. The lowest BCUT2D eigenvalue weighted by Crippen LogP contribution is -2.14. The van der Waals surface area contributed by atoms with E-state index in [9.17, 15) is 4.39 Å². The van der Waals surface area contributed by atoms with Crippen molar-refractivity contribution in [2.24, 2.45) is 0 Å². The van der Waals surface area contributed by atoms with Crippen LogP contribution in [0.2, 0.25) is 0 Å². The van der Waals surface area contributed by atoms with E-state index in [2.05, 4.69) is 5.32 Å². The topological polar surface area (TPSA) is 32.3 Å². The number of nitrogens with one attached hydrogen (secondary N) is 1. The van der Waals surface area contributed by atoms with Crippen LogP contribution < -0.4 is 5.32 Å². The minimum Gasteiger partial charge on any atom is -0.396 e. The van der Waals surface area contributed by atoms with Gasteiger partial charge in [-0.05, 0) is 31.2 Å². The molecule has 0 aliphatic heterocycles. The van der Waals surface area contributed by atoms with Crippen LogP contribution >= 0.6 is 11.3 Å². The molecule has 0 amide bonds. The first-order chi connectivity index (χ1) is 8.81. The normalized spacial score (nSPS) is 10.8. The monoisotopic (exact) mass is 265 g/mol. The summed E-state index contributed by atoms with van der Waals surface area (Å²) >= 11 is 1.59. The van der Waals surface area contributed by atoms with Gasteiger partial charge in [0.25, 0.3) is 0 Å². The number of halogens is 1. The first kappa shape index (κ1) is 13.2. The number of rotatable bonds is 6. The average molecular weight is 265 g/mol. The van der Waals surface area contributed by atoms with Crippen LogP contribution in [0.5, 0.6) is 0 Å². The van der Waals surface area contributed by atoms with Gasteiger partial charge in [0.1, 0.15) is 5.82 Å². The summed E-state index contributed by atoms with van der Waals surface area (Å²) in [6, 6.07) is 10.8. The van der Waals surface area contributed by atoms with Crippen molar-refractivity contribution in [2.45, 2.75) is 13.0 Å². The van der Waals surface area contributed by atoms with Gasteiger partial charge in [0.15, 0.2) is 0 Å². The summed E-state index contributed by atoms with van der Waals surface area (Å²) in [6.45, 7) is 1.76. The summed E-state index contributed by atoms with van der Waals surface area (Å²) in [5, 5.41) is 11.9. The van der Waals surface area contributed by atoms with Crippen molar-refractivity contribution >= 4 is 11.3 Å². The van der Waals surface area contributed by atoms with E-state index in [1.165, 1.54) is 10.9 Å². The summed E-state index contributed by atoms with van der Waals surface area (Å²) in [6.07, 6.45) is 0.756. The second-order valence-corrected chi connectivity index (χ2v) is 5.17. The second-order valence-electron chi connectivity index (χ2n) is 4.00. The zero-order valence-corrected chi connectivity index (χ0v) is 10.8. The largest absolute Gasteiger partial charge is 0.396 e. The van der Waals surface area contributed by atoms with Crippen LogP contribution in [-0.4, -0.2) is 18.3 Å². The fourth-order valence-corrected chi connectivity index (χ4v) is 2.70. The van der Waals surface area contributed by atoms with Gasteiger partial charge < -0.3 is 10.4 Å². The molecule has 0 radical (unpaired) electrons. The molecule has 96 valence electrons. The van der Waals surface area contributed by atoms with Gasteiger partial charge in [-0.3, -0.25) is 0 Å². The summed E-state index contributed by atoms with van der Waals surface area (Å²) < 4.78 is 13.6. The number of aliphatic hydroxyl groups is 1. The smallest absolute Gasteiger partial charge is 0.131 e. The Morgan fingerprint density at radius 2 is 2.00 bits per heavy atom. The Morgan fingerprint density at radius 1 is 1.17 bits per heavy atom. The maximum absolute atomic E-state index is 13.6. The van der Waals surface area contributed by atoms with Crippen molar-refractivity contribution in [3.63, 3.8) is 0 Å². The van der Waals surface area contributed by atoms with Crippen LogP contribution in [0.3, 0.4) is 0 Å². The third-order valence-electron chi connectivity index (χ3n) is 2.61. The van der Waals surface area contributed by atoms with Crippen LogP contribution in [-0.2, 0) is 6.54 Å². The van der Waals surface area contributed by atoms with Gasteiger partial charge in [-0.15, -0.1) is 11.3 Å². The third kappa shape index (κ3) is 3.38. The van der Waals surface area contributed by atoms with Gasteiger partial charge in [0.05, 0.1) is 0 Å². The molecule has 4 heteroatoms. The molecule has 2 rings (SSSR count). The van der Waals surface area contributed by atoms with Crippen LogP contribution in [0.25, 0.3) is 10.4 Å². The Labute approximate surface area is 110 Å². The molecule has 2 nitrogen and oxygen atoms in total. The lowest BCUT2D eigenvalue weighted by atomic mass is 10.2. The lowest BCUT2D eigenvalue weighted by molar-refractivity contribution is 0.286. The van der Waals surface area contributed by atoms with Crippen LogP contribution in [0.15, 0.2) is 36.4 Å². The van der Waals surface area contributed by atoms with Crippen LogP contribution in [0.1, 0.15) is 11.3 Å². The predicted octanol–water partition coefficient (Wildman–Crippen LogP) is 3.03. The van der Waals surface area contributed by atoms with Crippen LogP contribution in [0.4, 0.5) is 4.39 Å². The first-order valence-electron chi connectivity index (χ1n) is 5.96. The Bertz CT molecular complexity index is 498. The van der Waals surface area contributed by atoms with Crippen molar-refractivity contribution in [3.05, 3.63) is 47.1 Å². The minimum atomic E-state index is -0.181. The molecule has 1 aromatic heterocycles. The number of benzene rings is 1. The Kier molecular flexibility index (Phi) is 4.87. The molecular formula is C14H16FNOS. The number of hydrogen-bond acceptors (Lipinski definition) is 3. The summed E-state index contributed by atoms with van der Waals surface area (Å²) in [4.78, 5) is 2.12. The molecule has 0 fully saturated rings. The Balaban J connectivity index is 2.00. The number of hydrogen-bond donors (Lipinski definition) is 2. The molecule has 0 saturated carbocycles. The van der Waals surface area contributed by atoms with Gasteiger partial charge in [0, 0.05) is 28.5 Å². The minimum absolute atomic E-state index is 0.181. The molecule has 0 aliphatic carbocycles. The quantitative estimate of drug-likeness (QED) is 0.787. The zero-order valence-electron chi connectivity index (χ0n) is 10.0. The van der Waals surface area contributed by atoms with E-state index in [4.69, 9.17) is 5.11 Å². The highest BCUT2D eigenvalue weighted by Gasteiger charge is 2.06. The molecule has 18 heavy (non-hydrogen) atoms. The van der Waals surface area contributed by atoms with Crippen molar-refractivity contribution in [2.75, 3.05) is 13.2 Å². The van der Waals surface area contributed by atoms with Crippen molar-refractivity contribution in [1.82, 2.24) is 5.32 Å². The predicted molar refractivity (Wildman–Crippen MR) is 73.1 cm³/mol. The molecule has 0 bridgehead atoms. The summed E-state index contributed by atoms with van der Waals surface area (Å²) in [7, 11) is 0. The van der Waals surface area contributed by atoms with E-state index in [1.807, 2.05) is 18.2 Å². The maximum Gasteiger partial charge on any atom is 0.131 e.